The summed E-state index contributed by atoms with van der Waals surface area (Å²) in [6, 6.07) is 6.15. The lowest BCUT2D eigenvalue weighted by atomic mass is 9.94. The van der Waals surface area contributed by atoms with Crippen molar-refractivity contribution in [1.82, 2.24) is 13.9 Å². The van der Waals surface area contributed by atoms with E-state index in [4.69, 9.17) is 0 Å². The number of sulfonamides is 1. The first-order chi connectivity index (χ1) is 16.3. The van der Waals surface area contributed by atoms with Crippen LogP contribution in [-0.4, -0.2) is 47.1 Å². The van der Waals surface area contributed by atoms with Crippen LogP contribution in [-0.2, 0) is 21.9 Å². The number of imidazole rings is 1. The van der Waals surface area contributed by atoms with Crippen LogP contribution in [0.15, 0.2) is 60.0 Å². The Morgan fingerprint density at radius 2 is 1.80 bits per heavy atom. The van der Waals surface area contributed by atoms with Gasteiger partial charge in [-0.3, -0.25) is 4.79 Å². The maximum Gasteiger partial charge on any atom is 0.573 e. The monoisotopic (exact) mass is 516 g/mol. The zero-order valence-corrected chi connectivity index (χ0v) is 18.6. The van der Waals surface area contributed by atoms with Gasteiger partial charge in [-0.05, 0) is 29.8 Å². The van der Waals surface area contributed by atoms with E-state index >= 15 is 0 Å². The first kappa shape index (κ1) is 24.4. The van der Waals surface area contributed by atoms with Crippen molar-refractivity contribution >= 4 is 21.6 Å². The summed E-state index contributed by atoms with van der Waals surface area (Å²) in [6.45, 7) is -0.353. The average Bonchev–Trinajstić information content (AvgIpc) is 3.35. The predicted molar refractivity (Wildman–Crippen MR) is 112 cm³/mol. The third kappa shape index (κ3) is 5.06. The normalized spacial score (nSPS) is 18.7. The predicted octanol–water partition coefficient (Wildman–Crippen LogP) is 3.39. The maximum absolute atomic E-state index is 13.8. The number of nitrogens with one attached hydrogen (secondary N) is 1. The molecule has 1 aliphatic rings. The number of carbonyl (C=O) groups is 1. The number of rotatable bonds is 6. The standard InChI is InChI=1S/C21H17F5N4O4S/c1-29-10-18(27-11-29)35(32,33)30-9-15(12-2-4-13(22)5-3-12)19(20(30)31)28-14-6-7-16(23)17(8-14)34-21(24,25)26/h2-8,10-11,15,19,28H,9H2,1H3. The molecule has 1 amide bonds. The fourth-order valence-electron chi connectivity index (χ4n) is 3.70. The van der Waals surface area contributed by atoms with Crippen LogP contribution in [0.3, 0.4) is 0 Å². The Bertz CT molecular complexity index is 1360. The molecule has 1 aliphatic heterocycles. The highest BCUT2D eigenvalue weighted by Gasteiger charge is 2.47. The molecule has 2 atom stereocenters. The van der Waals surface area contributed by atoms with E-state index in [-0.39, 0.29) is 17.3 Å². The van der Waals surface area contributed by atoms with Crippen molar-refractivity contribution in [3.05, 3.63) is 72.2 Å². The van der Waals surface area contributed by atoms with Crippen molar-refractivity contribution in [3.63, 3.8) is 0 Å². The van der Waals surface area contributed by atoms with Crippen molar-refractivity contribution in [2.24, 2.45) is 7.05 Å². The second-order valence-corrected chi connectivity index (χ2v) is 9.53. The second-order valence-electron chi connectivity index (χ2n) is 7.72. The number of amides is 1. The summed E-state index contributed by atoms with van der Waals surface area (Å²) in [7, 11) is -2.84. The SMILES string of the molecule is Cn1cnc(S(=O)(=O)N2CC(c3ccc(F)cc3)C(Nc3ccc(F)c(OC(F)(F)F)c3)C2=O)c1. The van der Waals surface area contributed by atoms with Crippen molar-refractivity contribution < 1.29 is 39.9 Å². The zero-order valence-electron chi connectivity index (χ0n) is 17.8. The van der Waals surface area contributed by atoms with E-state index in [1.807, 2.05) is 0 Å². The van der Waals surface area contributed by atoms with Gasteiger partial charge >= 0.3 is 6.36 Å². The molecule has 4 rings (SSSR count). The van der Waals surface area contributed by atoms with Gasteiger partial charge in [0.2, 0.25) is 0 Å². The summed E-state index contributed by atoms with van der Waals surface area (Å²) in [5, 5.41) is 2.30. The average molecular weight is 516 g/mol. The minimum Gasteiger partial charge on any atom is -0.403 e. The molecule has 3 aromatic rings. The summed E-state index contributed by atoms with van der Waals surface area (Å²) in [6.07, 6.45) is -2.72. The van der Waals surface area contributed by atoms with Gasteiger partial charge in [-0.25, -0.2) is 18.1 Å². The van der Waals surface area contributed by atoms with E-state index < -0.39 is 51.6 Å². The molecule has 0 aliphatic carbocycles. The van der Waals surface area contributed by atoms with Crippen LogP contribution in [0.4, 0.5) is 27.6 Å². The second kappa shape index (κ2) is 8.83. The van der Waals surface area contributed by atoms with E-state index in [0.29, 0.717) is 22.0 Å². The topological polar surface area (TPSA) is 93.5 Å². The lowest BCUT2D eigenvalue weighted by Gasteiger charge is -2.20. The Morgan fingerprint density at radius 1 is 1.11 bits per heavy atom. The Labute approximate surface area is 196 Å². The van der Waals surface area contributed by atoms with Crippen molar-refractivity contribution in [2.45, 2.75) is 23.3 Å². The quantitative estimate of drug-likeness (QED) is 0.505. The fraction of sp³-hybridized carbons (Fsp3) is 0.238. The molecule has 1 fully saturated rings. The molecule has 2 unspecified atom stereocenters. The zero-order chi connectivity index (χ0) is 25.5. The molecule has 0 radical (unpaired) electrons. The summed E-state index contributed by atoms with van der Waals surface area (Å²) >= 11 is 0. The van der Waals surface area contributed by atoms with Crippen LogP contribution in [0.1, 0.15) is 11.5 Å². The van der Waals surface area contributed by atoms with Gasteiger partial charge in [0.15, 0.2) is 16.6 Å². The van der Waals surface area contributed by atoms with Crippen LogP contribution in [0.5, 0.6) is 5.75 Å². The number of nitrogens with zero attached hydrogens (tertiary/aromatic N) is 3. The van der Waals surface area contributed by atoms with Crippen LogP contribution >= 0.6 is 0 Å². The molecule has 0 saturated carbocycles. The number of hydrogen-bond donors (Lipinski definition) is 1. The third-order valence-electron chi connectivity index (χ3n) is 5.29. The van der Waals surface area contributed by atoms with E-state index in [1.54, 1.807) is 7.05 Å². The largest absolute Gasteiger partial charge is 0.573 e. The number of carbonyl (C=O) groups excluding carboxylic acids is 1. The van der Waals surface area contributed by atoms with Crippen LogP contribution < -0.4 is 10.1 Å². The summed E-state index contributed by atoms with van der Waals surface area (Å²) in [5.74, 6) is -4.77. The number of ether oxygens (including phenoxy) is 1. The van der Waals surface area contributed by atoms with Gasteiger partial charge in [0, 0.05) is 37.5 Å². The van der Waals surface area contributed by atoms with Crippen molar-refractivity contribution in [3.8, 4) is 5.75 Å². The van der Waals surface area contributed by atoms with E-state index in [1.165, 1.54) is 29.2 Å². The third-order valence-corrected chi connectivity index (χ3v) is 6.94. The highest BCUT2D eigenvalue weighted by molar-refractivity contribution is 7.89. The lowest BCUT2D eigenvalue weighted by molar-refractivity contribution is -0.275. The fourth-order valence-corrected chi connectivity index (χ4v) is 5.11. The van der Waals surface area contributed by atoms with E-state index in [0.717, 1.165) is 18.2 Å². The molecular formula is C21H17F5N4O4S. The van der Waals surface area contributed by atoms with Gasteiger partial charge < -0.3 is 14.6 Å². The highest BCUT2D eigenvalue weighted by Crippen LogP contribution is 2.35. The number of anilines is 1. The molecule has 1 saturated heterocycles. The molecule has 186 valence electrons. The van der Waals surface area contributed by atoms with Crippen LogP contribution in [0.25, 0.3) is 0 Å². The Morgan fingerprint density at radius 3 is 2.40 bits per heavy atom. The number of halogens is 5. The molecule has 2 heterocycles. The first-order valence-electron chi connectivity index (χ1n) is 9.97. The number of aryl methyl sites for hydroxylation is 1. The lowest BCUT2D eigenvalue weighted by Crippen LogP contribution is -2.38. The van der Waals surface area contributed by atoms with E-state index in [9.17, 15) is 35.2 Å². The van der Waals surface area contributed by atoms with Gasteiger partial charge in [-0.1, -0.05) is 12.1 Å². The molecule has 35 heavy (non-hydrogen) atoms. The smallest absolute Gasteiger partial charge is 0.403 e. The van der Waals surface area contributed by atoms with E-state index in [2.05, 4.69) is 15.0 Å². The summed E-state index contributed by atoms with van der Waals surface area (Å²) in [4.78, 5) is 17.0. The number of alkyl halides is 3. The summed E-state index contributed by atoms with van der Waals surface area (Å²) < 4.78 is 96.9. The highest BCUT2D eigenvalue weighted by atomic mass is 32.2. The van der Waals surface area contributed by atoms with Crippen LogP contribution in [0.2, 0.25) is 0 Å². The summed E-state index contributed by atoms with van der Waals surface area (Å²) in [5.41, 5.74) is 0.262. The number of hydrogen-bond acceptors (Lipinski definition) is 6. The molecule has 0 spiro atoms. The number of aromatic nitrogens is 2. The molecule has 0 bridgehead atoms. The maximum atomic E-state index is 13.8. The van der Waals surface area contributed by atoms with Gasteiger partial charge in [-0.15, -0.1) is 13.2 Å². The molecule has 14 heteroatoms. The minimum atomic E-state index is -5.16. The van der Waals surface area contributed by atoms with Crippen molar-refractivity contribution in [1.29, 1.82) is 0 Å². The molecule has 1 aromatic heterocycles. The Kier molecular flexibility index (Phi) is 6.17. The number of benzene rings is 2. The molecular weight excluding hydrogens is 499 g/mol. The van der Waals surface area contributed by atoms with Gasteiger partial charge in [0.05, 0.1) is 6.33 Å². The van der Waals surface area contributed by atoms with Gasteiger partial charge in [0.1, 0.15) is 11.9 Å². The minimum absolute atomic E-state index is 0.131. The molecule has 2 aromatic carbocycles. The van der Waals surface area contributed by atoms with Gasteiger partial charge in [0.25, 0.3) is 15.9 Å². The first-order valence-corrected chi connectivity index (χ1v) is 11.4. The van der Waals surface area contributed by atoms with Gasteiger partial charge in [-0.2, -0.15) is 8.42 Å². The Hall–Kier alpha value is -3.68. The molecule has 8 nitrogen and oxygen atoms in total. The van der Waals surface area contributed by atoms with Crippen LogP contribution in [0, 0.1) is 11.6 Å². The molecule has 1 N–H and O–H groups in total. The van der Waals surface area contributed by atoms with Crippen molar-refractivity contribution in [2.75, 3.05) is 11.9 Å². The Balaban J connectivity index is 1.71.